The molecule has 0 saturated heterocycles. The fraction of sp³-hybridized carbons (Fsp3) is 0.231. The number of carbonyl (C=O) groups excluding carboxylic acids is 1. The standard InChI is InChI=1S/C26H26ClNO4S/c1-30-23-15-12-20(13-16-23)7-4-5-18-31-32-26(29)17-14-21-8-6-9-22(28-21)19-33-25-11-3-2-10-24(25)27/h2-3,6,8-17H,4-5,7,18-19H2,1H3. The lowest BCUT2D eigenvalue weighted by molar-refractivity contribution is -0.267. The summed E-state index contributed by atoms with van der Waals surface area (Å²) in [7, 11) is 1.65. The first-order valence-electron chi connectivity index (χ1n) is 10.6. The summed E-state index contributed by atoms with van der Waals surface area (Å²) in [6.45, 7) is 0.350. The molecular formula is C26H26ClNO4S. The van der Waals surface area contributed by atoms with Gasteiger partial charge >= 0.3 is 5.97 Å². The van der Waals surface area contributed by atoms with Crippen molar-refractivity contribution >= 4 is 35.4 Å². The Kier molecular flexibility index (Phi) is 10.3. The molecule has 172 valence electrons. The van der Waals surface area contributed by atoms with Gasteiger partial charge in [-0.25, -0.2) is 4.79 Å². The molecule has 0 amide bonds. The molecule has 0 aliphatic rings. The predicted octanol–water partition coefficient (Wildman–Crippen LogP) is 6.55. The third-order valence-corrected chi connectivity index (χ3v) is 6.22. The first kappa shape index (κ1) is 24.8. The van der Waals surface area contributed by atoms with E-state index < -0.39 is 5.97 Å². The van der Waals surface area contributed by atoms with Gasteiger partial charge in [-0.05, 0) is 67.3 Å². The SMILES string of the molecule is COc1ccc(CCCCOOC(=O)C=Cc2cccc(CSc3ccccc3Cl)n2)cc1. The highest BCUT2D eigenvalue weighted by molar-refractivity contribution is 7.98. The molecule has 3 rings (SSSR count). The van der Waals surface area contributed by atoms with Crippen molar-refractivity contribution in [1.82, 2.24) is 4.98 Å². The van der Waals surface area contributed by atoms with Gasteiger partial charge in [-0.2, -0.15) is 4.89 Å². The van der Waals surface area contributed by atoms with Crippen LogP contribution in [-0.2, 0) is 26.7 Å². The predicted molar refractivity (Wildman–Crippen MR) is 132 cm³/mol. The highest BCUT2D eigenvalue weighted by atomic mass is 35.5. The monoisotopic (exact) mass is 483 g/mol. The highest BCUT2D eigenvalue weighted by Gasteiger charge is 2.03. The van der Waals surface area contributed by atoms with Crippen molar-refractivity contribution in [2.24, 2.45) is 0 Å². The summed E-state index contributed by atoms with van der Waals surface area (Å²) in [6, 6.07) is 21.4. The molecule has 0 saturated carbocycles. The number of unbranched alkanes of at least 4 members (excludes halogenated alkanes) is 1. The van der Waals surface area contributed by atoms with Gasteiger partial charge < -0.3 is 4.74 Å². The number of thioether (sulfide) groups is 1. The molecule has 1 heterocycles. The molecule has 0 fully saturated rings. The van der Waals surface area contributed by atoms with Crippen LogP contribution in [0.1, 0.15) is 29.8 Å². The van der Waals surface area contributed by atoms with Crippen molar-refractivity contribution in [2.45, 2.75) is 29.9 Å². The molecule has 0 aliphatic heterocycles. The average Bonchev–Trinajstić information content (AvgIpc) is 2.85. The first-order valence-corrected chi connectivity index (χ1v) is 12.0. The van der Waals surface area contributed by atoms with E-state index >= 15 is 0 Å². The Morgan fingerprint density at radius 1 is 1.03 bits per heavy atom. The number of pyridine rings is 1. The van der Waals surface area contributed by atoms with Crippen molar-refractivity contribution < 1.29 is 19.3 Å². The number of hydrogen-bond acceptors (Lipinski definition) is 6. The fourth-order valence-corrected chi connectivity index (χ4v) is 4.09. The van der Waals surface area contributed by atoms with Gasteiger partial charge in [0.2, 0.25) is 0 Å². The molecule has 0 radical (unpaired) electrons. The lowest BCUT2D eigenvalue weighted by Gasteiger charge is -2.05. The van der Waals surface area contributed by atoms with Crippen LogP contribution in [0.15, 0.2) is 77.7 Å². The third kappa shape index (κ3) is 8.92. The van der Waals surface area contributed by atoms with E-state index in [1.165, 1.54) is 11.6 Å². The van der Waals surface area contributed by atoms with E-state index in [2.05, 4.69) is 4.98 Å². The summed E-state index contributed by atoms with van der Waals surface area (Å²) < 4.78 is 5.15. The molecule has 0 unspecified atom stereocenters. The second-order valence-corrected chi connectivity index (χ2v) is 8.56. The molecule has 3 aromatic rings. The molecular weight excluding hydrogens is 458 g/mol. The van der Waals surface area contributed by atoms with Crippen molar-refractivity contribution in [3.63, 3.8) is 0 Å². The number of rotatable bonds is 12. The molecule has 5 nitrogen and oxygen atoms in total. The Morgan fingerprint density at radius 3 is 2.64 bits per heavy atom. The maximum atomic E-state index is 11.9. The van der Waals surface area contributed by atoms with Crippen LogP contribution in [0.5, 0.6) is 5.75 Å². The molecule has 0 aliphatic carbocycles. The number of aryl methyl sites for hydroxylation is 1. The molecule has 0 spiro atoms. The Hall–Kier alpha value is -2.80. The number of ether oxygens (including phenoxy) is 1. The summed E-state index contributed by atoms with van der Waals surface area (Å²) >= 11 is 7.81. The number of hydrogen-bond donors (Lipinski definition) is 0. The fourth-order valence-electron chi connectivity index (χ4n) is 2.95. The van der Waals surface area contributed by atoms with Gasteiger partial charge in [-0.1, -0.05) is 41.9 Å². The van der Waals surface area contributed by atoms with E-state index in [0.717, 1.165) is 40.6 Å². The number of nitrogens with zero attached hydrogens (tertiary/aromatic N) is 1. The summed E-state index contributed by atoms with van der Waals surface area (Å²) in [6.07, 6.45) is 5.57. The zero-order valence-electron chi connectivity index (χ0n) is 18.4. The Bertz CT molecular complexity index is 1060. The van der Waals surface area contributed by atoms with Crippen LogP contribution in [0, 0.1) is 0 Å². The maximum Gasteiger partial charge on any atom is 0.366 e. The third-order valence-electron chi connectivity index (χ3n) is 4.67. The number of methoxy groups -OCH3 is 1. The van der Waals surface area contributed by atoms with Gasteiger partial charge in [0.05, 0.1) is 30.1 Å². The zero-order chi connectivity index (χ0) is 23.3. The van der Waals surface area contributed by atoms with E-state index in [-0.39, 0.29) is 0 Å². The van der Waals surface area contributed by atoms with E-state index in [0.29, 0.717) is 18.1 Å². The molecule has 0 bridgehead atoms. The largest absolute Gasteiger partial charge is 0.497 e. The Balaban J connectivity index is 1.34. The molecule has 1 aromatic heterocycles. The minimum Gasteiger partial charge on any atom is -0.497 e. The van der Waals surface area contributed by atoms with Gasteiger partial charge in [-0.15, -0.1) is 11.8 Å². The van der Waals surface area contributed by atoms with Crippen molar-refractivity contribution in [3.05, 3.63) is 94.8 Å². The van der Waals surface area contributed by atoms with E-state index in [9.17, 15) is 4.79 Å². The number of aromatic nitrogens is 1. The van der Waals surface area contributed by atoms with Gasteiger partial charge in [0.15, 0.2) is 0 Å². The van der Waals surface area contributed by atoms with Crippen LogP contribution in [0.2, 0.25) is 5.02 Å². The van der Waals surface area contributed by atoms with Gasteiger partial charge in [0.25, 0.3) is 0 Å². The molecule has 0 atom stereocenters. The maximum absolute atomic E-state index is 11.9. The van der Waals surface area contributed by atoms with Crippen LogP contribution in [0.3, 0.4) is 0 Å². The quantitative estimate of drug-likeness (QED) is 0.0957. The second-order valence-electron chi connectivity index (χ2n) is 7.14. The highest BCUT2D eigenvalue weighted by Crippen LogP contribution is 2.28. The Morgan fingerprint density at radius 2 is 1.85 bits per heavy atom. The van der Waals surface area contributed by atoms with E-state index in [4.69, 9.17) is 26.1 Å². The summed E-state index contributed by atoms with van der Waals surface area (Å²) in [4.78, 5) is 27.3. The second kappa shape index (κ2) is 13.7. The summed E-state index contributed by atoms with van der Waals surface area (Å²) in [5.41, 5.74) is 2.79. The smallest absolute Gasteiger partial charge is 0.366 e. The van der Waals surface area contributed by atoms with Gasteiger partial charge in [0.1, 0.15) is 5.75 Å². The van der Waals surface area contributed by atoms with Crippen LogP contribution in [0.4, 0.5) is 0 Å². The average molecular weight is 484 g/mol. The topological polar surface area (TPSA) is 57.7 Å². The number of carbonyl (C=O) groups is 1. The van der Waals surface area contributed by atoms with Gasteiger partial charge in [0, 0.05) is 16.7 Å². The first-order chi connectivity index (χ1) is 16.1. The van der Waals surface area contributed by atoms with E-state index in [1.54, 1.807) is 24.9 Å². The minimum absolute atomic E-state index is 0.350. The number of halogens is 1. The minimum atomic E-state index is -0.567. The van der Waals surface area contributed by atoms with Crippen molar-refractivity contribution in [1.29, 1.82) is 0 Å². The van der Waals surface area contributed by atoms with E-state index in [1.807, 2.05) is 66.7 Å². The van der Waals surface area contributed by atoms with Crippen molar-refractivity contribution in [2.75, 3.05) is 13.7 Å². The van der Waals surface area contributed by atoms with Crippen LogP contribution in [-0.4, -0.2) is 24.7 Å². The molecule has 7 heteroatoms. The normalized spacial score (nSPS) is 11.0. The Labute approximate surface area is 203 Å². The van der Waals surface area contributed by atoms with Gasteiger partial charge in [-0.3, -0.25) is 9.87 Å². The lowest BCUT2D eigenvalue weighted by atomic mass is 10.1. The lowest BCUT2D eigenvalue weighted by Crippen LogP contribution is -2.03. The van der Waals surface area contributed by atoms with Crippen LogP contribution < -0.4 is 4.74 Å². The van der Waals surface area contributed by atoms with Crippen LogP contribution >= 0.6 is 23.4 Å². The number of benzene rings is 2. The molecule has 33 heavy (non-hydrogen) atoms. The van der Waals surface area contributed by atoms with Crippen molar-refractivity contribution in [3.8, 4) is 5.75 Å². The summed E-state index contributed by atoms with van der Waals surface area (Å²) in [5.74, 6) is 0.956. The van der Waals surface area contributed by atoms with Crippen LogP contribution in [0.25, 0.3) is 6.08 Å². The summed E-state index contributed by atoms with van der Waals surface area (Å²) in [5, 5.41) is 0.724. The zero-order valence-corrected chi connectivity index (χ0v) is 20.0. The molecule has 2 aromatic carbocycles. The molecule has 0 N–H and O–H groups in total.